The highest BCUT2D eigenvalue weighted by atomic mass is 79.9. The van der Waals surface area contributed by atoms with E-state index in [0.29, 0.717) is 18.7 Å². The first-order chi connectivity index (χ1) is 9.11. The quantitative estimate of drug-likeness (QED) is 0.794. The predicted octanol–water partition coefficient (Wildman–Crippen LogP) is 3.15. The number of rotatable bonds is 5. The Morgan fingerprint density at radius 2 is 2.21 bits per heavy atom. The molecule has 0 aliphatic carbocycles. The SMILES string of the molecule is Cc1nn(CCOc2cccc(Br)c2)c(C)c1C=O. The second-order valence-corrected chi connectivity index (χ2v) is 5.15. The topological polar surface area (TPSA) is 44.1 Å². The van der Waals surface area contributed by atoms with Crippen LogP contribution in [0.1, 0.15) is 21.7 Å². The van der Waals surface area contributed by atoms with Gasteiger partial charge in [0, 0.05) is 10.2 Å². The molecule has 1 aromatic heterocycles. The molecule has 0 atom stereocenters. The number of carbonyl (C=O) groups excluding carboxylic acids is 1. The molecule has 5 heteroatoms. The van der Waals surface area contributed by atoms with Crippen molar-refractivity contribution in [3.8, 4) is 5.75 Å². The van der Waals surface area contributed by atoms with E-state index >= 15 is 0 Å². The highest BCUT2D eigenvalue weighted by molar-refractivity contribution is 9.10. The minimum absolute atomic E-state index is 0.511. The molecule has 0 spiro atoms. The first-order valence-electron chi connectivity index (χ1n) is 5.99. The Kier molecular flexibility index (Phi) is 4.37. The first kappa shape index (κ1) is 13.8. The van der Waals surface area contributed by atoms with Crippen LogP contribution in [0.15, 0.2) is 28.7 Å². The number of halogens is 1. The third-order valence-electron chi connectivity index (χ3n) is 2.92. The van der Waals surface area contributed by atoms with Crippen molar-refractivity contribution in [2.24, 2.45) is 0 Å². The third-order valence-corrected chi connectivity index (χ3v) is 3.42. The zero-order valence-corrected chi connectivity index (χ0v) is 12.5. The summed E-state index contributed by atoms with van der Waals surface area (Å²) < 4.78 is 8.44. The summed E-state index contributed by atoms with van der Waals surface area (Å²) in [5, 5.41) is 4.33. The summed E-state index contributed by atoms with van der Waals surface area (Å²) in [5.41, 5.74) is 2.31. The Hall–Kier alpha value is -1.62. The molecule has 0 radical (unpaired) electrons. The fourth-order valence-corrected chi connectivity index (χ4v) is 2.28. The van der Waals surface area contributed by atoms with Crippen molar-refractivity contribution >= 4 is 22.2 Å². The second kappa shape index (κ2) is 6.02. The number of nitrogens with zero attached hydrogens (tertiary/aromatic N) is 2. The van der Waals surface area contributed by atoms with Gasteiger partial charge in [-0.2, -0.15) is 5.10 Å². The molecule has 0 unspecified atom stereocenters. The van der Waals surface area contributed by atoms with E-state index in [0.717, 1.165) is 27.9 Å². The lowest BCUT2D eigenvalue weighted by molar-refractivity contribution is 0.112. The standard InChI is InChI=1S/C14H15BrN2O2/c1-10-14(9-18)11(2)17(16-10)6-7-19-13-5-3-4-12(15)8-13/h3-5,8-9H,6-7H2,1-2H3. The molecule has 2 rings (SSSR count). The number of aromatic nitrogens is 2. The van der Waals surface area contributed by atoms with E-state index in [1.807, 2.05) is 38.1 Å². The lowest BCUT2D eigenvalue weighted by atomic mass is 10.2. The van der Waals surface area contributed by atoms with E-state index < -0.39 is 0 Å². The van der Waals surface area contributed by atoms with Gasteiger partial charge in [0.2, 0.25) is 0 Å². The fourth-order valence-electron chi connectivity index (χ4n) is 1.91. The van der Waals surface area contributed by atoms with Crippen molar-refractivity contribution in [2.75, 3.05) is 6.61 Å². The number of ether oxygens (including phenoxy) is 1. The van der Waals surface area contributed by atoms with Gasteiger partial charge in [0.25, 0.3) is 0 Å². The summed E-state index contributed by atoms with van der Waals surface area (Å²) in [6.07, 6.45) is 0.851. The van der Waals surface area contributed by atoms with Gasteiger partial charge in [-0.1, -0.05) is 22.0 Å². The molecule has 0 fully saturated rings. The Bertz CT molecular complexity index is 593. The molecule has 0 amide bonds. The van der Waals surface area contributed by atoms with Crippen LogP contribution in [0.4, 0.5) is 0 Å². The monoisotopic (exact) mass is 322 g/mol. The van der Waals surface area contributed by atoms with Gasteiger partial charge in [0.1, 0.15) is 12.4 Å². The van der Waals surface area contributed by atoms with Crippen molar-refractivity contribution in [3.63, 3.8) is 0 Å². The molecule has 2 aromatic rings. The van der Waals surface area contributed by atoms with Crippen LogP contribution in [0.5, 0.6) is 5.75 Å². The lowest BCUT2D eigenvalue weighted by Gasteiger charge is -2.08. The van der Waals surface area contributed by atoms with Crippen LogP contribution in [0, 0.1) is 13.8 Å². The normalized spacial score (nSPS) is 10.5. The molecule has 0 aliphatic rings. The first-order valence-corrected chi connectivity index (χ1v) is 6.78. The van der Waals surface area contributed by atoms with Crippen LogP contribution >= 0.6 is 15.9 Å². The van der Waals surface area contributed by atoms with Gasteiger partial charge >= 0.3 is 0 Å². The van der Waals surface area contributed by atoms with Gasteiger partial charge < -0.3 is 4.74 Å². The molecule has 19 heavy (non-hydrogen) atoms. The van der Waals surface area contributed by atoms with Crippen LogP contribution in [-0.2, 0) is 6.54 Å². The van der Waals surface area contributed by atoms with Crippen LogP contribution in [-0.4, -0.2) is 22.7 Å². The zero-order valence-electron chi connectivity index (χ0n) is 10.9. The average molecular weight is 323 g/mol. The van der Waals surface area contributed by atoms with E-state index in [1.54, 1.807) is 4.68 Å². The molecule has 4 nitrogen and oxygen atoms in total. The second-order valence-electron chi connectivity index (χ2n) is 4.23. The lowest BCUT2D eigenvalue weighted by Crippen LogP contribution is -2.11. The Labute approximate surface area is 120 Å². The van der Waals surface area contributed by atoms with Gasteiger partial charge in [-0.3, -0.25) is 9.48 Å². The summed E-state index contributed by atoms with van der Waals surface area (Å²) in [5.74, 6) is 0.812. The average Bonchev–Trinajstić information content (AvgIpc) is 2.64. The van der Waals surface area contributed by atoms with E-state index in [1.165, 1.54) is 0 Å². The van der Waals surface area contributed by atoms with Crippen LogP contribution in [0.3, 0.4) is 0 Å². The maximum absolute atomic E-state index is 10.9. The third kappa shape index (κ3) is 3.23. The molecule has 0 aliphatic heterocycles. The molecular formula is C14H15BrN2O2. The molecular weight excluding hydrogens is 308 g/mol. The van der Waals surface area contributed by atoms with Crippen LogP contribution in [0.25, 0.3) is 0 Å². The predicted molar refractivity (Wildman–Crippen MR) is 76.7 cm³/mol. The zero-order chi connectivity index (χ0) is 13.8. The largest absolute Gasteiger partial charge is 0.492 e. The molecule has 0 bridgehead atoms. The van der Waals surface area contributed by atoms with Gasteiger partial charge in [0.05, 0.1) is 17.8 Å². The van der Waals surface area contributed by atoms with E-state index in [2.05, 4.69) is 21.0 Å². The van der Waals surface area contributed by atoms with Gasteiger partial charge in [-0.15, -0.1) is 0 Å². The number of hydrogen-bond acceptors (Lipinski definition) is 3. The number of aldehydes is 1. The van der Waals surface area contributed by atoms with Gasteiger partial charge in [-0.05, 0) is 32.0 Å². The van der Waals surface area contributed by atoms with Crippen molar-refractivity contribution in [1.29, 1.82) is 0 Å². The molecule has 0 N–H and O–H groups in total. The van der Waals surface area contributed by atoms with Crippen molar-refractivity contribution in [3.05, 3.63) is 45.7 Å². The van der Waals surface area contributed by atoms with Gasteiger partial charge in [-0.25, -0.2) is 0 Å². The van der Waals surface area contributed by atoms with Gasteiger partial charge in [0.15, 0.2) is 6.29 Å². The Morgan fingerprint density at radius 3 is 2.84 bits per heavy atom. The van der Waals surface area contributed by atoms with E-state index in [4.69, 9.17) is 4.74 Å². The van der Waals surface area contributed by atoms with E-state index in [9.17, 15) is 4.79 Å². The number of aryl methyl sites for hydroxylation is 1. The fraction of sp³-hybridized carbons (Fsp3) is 0.286. The maximum atomic E-state index is 10.9. The van der Waals surface area contributed by atoms with E-state index in [-0.39, 0.29) is 0 Å². The Balaban J connectivity index is 1.98. The molecule has 0 saturated heterocycles. The number of hydrogen-bond donors (Lipinski definition) is 0. The summed E-state index contributed by atoms with van der Waals surface area (Å²) in [7, 11) is 0. The number of benzene rings is 1. The Morgan fingerprint density at radius 1 is 1.42 bits per heavy atom. The summed E-state index contributed by atoms with van der Waals surface area (Å²) in [6, 6.07) is 7.69. The van der Waals surface area contributed by atoms with Crippen LogP contribution < -0.4 is 4.74 Å². The summed E-state index contributed by atoms with van der Waals surface area (Å²) in [6.45, 7) is 4.86. The smallest absolute Gasteiger partial charge is 0.153 e. The highest BCUT2D eigenvalue weighted by Crippen LogP contribution is 2.18. The summed E-state index contributed by atoms with van der Waals surface area (Å²) in [4.78, 5) is 10.9. The van der Waals surface area contributed by atoms with Crippen molar-refractivity contribution in [2.45, 2.75) is 20.4 Å². The highest BCUT2D eigenvalue weighted by Gasteiger charge is 2.10. The maximum Gasteiger partial charge on any atom is 0.153 e. The molecule has 100 valence electrons. The summed E-state index contributed by atoms with van der Waals surface area (Å²) >= 11 is 3.40. The number of carbonyl (C=O) groups is 1. The van der Waals surface area contributed by atoms with Crippen molar-refractivity contribution < 1.29 is 9.53 Å². The minimum atomic E-state index is 0.511. The molecule has 1 aromatic carbocycles. The molecule has 0 saturated carbocycles. The molecule has 1 heterocycles. The minimum Gasteiger partial charge on any atom is -0.492 e. The van der Waals surface area contributed by atoms with Crippen molar-refractivity contribution in [1.82, 2.24) is 9.78 Å². The van der Waals surface area contributed by atoms with Crippen LogP contribution in [0.2, 0.25) is 0 Å².